The van der Waals surface area contributed by atoms with E-state index in [0.29, 0.717) is 11.4 Å². The van der Waals surface area contributed by atoms with Crippen LogP contribution in [0.3, 0.4) is 0 Å². The number of nitrogens with two attached hydrogens (primary N) is 2. The molecule has 1 heterocycles. The van der Waals surface area contributed by atoms with Gasteiger partial charge in [-0.05, 0) is 5.39 Å². The first-order valence-electron chi connectivity index (χ1n) is 4.13. The van der Waals surface area contributed by atoms with E-state index in [4.69, 9.17) is 11.5 Å². The molecule has 0 saturated heterocycles. The van der Waals surface area contributed by atoms with Gasteiger partial charge in [-0.1, -0.05) is 24.3 Å². The highest BCUT2D eigenvalue weighted by molar-refractivity contribution is 6.08. The summed E-state index contributed by atoms with van der Waals surface area (Å²) >= 11 is 0. The molecule has 0 aliphatic rings. The molecular formula is C10H9N3O. The number of pyridine rings is 1. The van der Waals surface area contributed by atoms with Crippen LogP contribution in [-0.2, 0) is 0 Å². The van der Waals surface area contributed by atoms with Gasteiger partial charge in [-0.2, -0.15) is 0 Å². The Morgan fingerprint density at radius 2 is 1.86 bits per heavy atom. The van der Waals surface area contributed by atoms with Crippen molar-refractivity contribution in [2.75, 3.05) is 5.73 Å². The van der Waals surface area contributed by atoms with Crippen molar-refractivity contribution in [3.05, 3.63) is 36.0 Å². The maximum absolute atomic E-state index is 11.1. The number of hydrogen-bond acceptors (Lipinski definition) is 3. The second-order valence-electron chi connectivity index (χ2n) is 2.97. The first-order valence-corrected chi connectivity index (χ1v) is 4.13. The van der Waals surface area contributed by atoms with Gasteiger partial charge in [0.25, 0.3) is 5.91 Å². The van der Waals surface area contributed by atoms with E-state index in [-0.39, 0.29) is 0 Å². The predicted molar refractivity (Wildman–Crippen MR) is 54.7 cm³/mol. The van der Waals surface area contributed by atoms with Crippen molar-refractivity contribution in [3.63, 3.8) is 0 Å². The number of benzene rings is 1. The molecule has 70 valence electrons. The van der Waals surface area contributed by atoms with Crippen molar-refractivity contribution in [1.82, 2.24) is 4.98 Å². The van der Waals surface area contributed by atoms with E-state index in [9.17, 15) is 4.79 Å². The fourth-order valence-electron chi connectivity index (χ4n) is 1.41. The molecule has 0 saturated carbocycles. The minimum Gasteiger partial charge on any atom is -0.383 e. The summed E-state index contributed by atoms with van der Waals surface area (Å²) < 4.78 is 0. The zero-order chi connectivity index (χ0) is 10.1. The Morgan fingerprint density at radius 3 is 2.50 bits per heavy atom. The number of nitrogen functional groups attached to an aromatic ring is 1. The Kier molecular flexibility index (Phi) is 1.81. The molecule has 0 fully saturated rings. The zero-order valence-corrected chi connectivity index (χ0v) is 7.40. The minimum atomic E-state index is -0.492. The summed E-state index contributed by atoms with van der Waals surface area (Å²) in [6, 6.07) is 7.27. The van der Waals surface area contributed by atoms with Gasteiger partial charge in [0, 0.05) is 11.6 Å². The highest BCUT2D eigenvalue weighted by atomic mass is 16.1. The maximum atomic E-state index is 11.1. The van der Waals surface area contributed by atoms with Gasteiger partial charge in [0.2, 0.25) is 0 Å². The number of rotatable bonds is 1. The minimum absolute atomic E-state index is 0.398. The molecule has 1 aromatic heterocycles. The van der Waals surface area contributed by atoms with Crippen LogP contribution in [0.15, 0.2) is 30.5 Å². The Labute approximate surface area is 80.5 Å². The number of carbonyl (C=O) groups excluding carboxylic acids is 1. The molecular weight excluding hydrogens is 178 g/mol. The smallest absolute Gasteiger partial charge is 0.250 e. The van der Waals surface area contributed by atoms with E-state index in [0.717, 1.165) is 10.8 Å². The van der Waals surface area contributed by atoms with E-state index < -0.39 is 5.91 Å². The monoisotopic (exact) mass is 187 g/mol. The SMILES string of the molecule is NC(=O)c1cnc(N)c2ccccc12. The van der Waals surface area contributed by atoms with Crippen LogP contribution in [0, 0.1) is 0 Å². The fourth-order valence-corrected chi connectivity index (χ4v) is 1.41. The van der Waals surface area contributed by atoms with Crippen LogP contribution in [0.4, 0.5) is 5.82 Å². The third-order valence-corrected chi connectivity index (χ3v) is 2.09. The van der Waals surface area contributed by atoms with E-state index in [2.05, 4.69) is 4.98 Å². The number of fused-ring (bicyclic) bond motifs is 1. The third-order valence-electron chi connectivity index (χ3n) is 2.09. The van der Waals surface area contributed by atoms with Crippen LogP contribution >= 0.6 is 0 Å². The summed E-state index contributed by atoms with van der Waals surface area (Å²) in [5.41, 5.74) is 11.3. The molecule has 4 nitrogen and oxygen atoms in total. The van der Waals surface area contributed by atoms with Gasteiger partial charge in [0.1, 0.15) is 5.82 Å². The summed E-state index contributed by atoms with van der Waals surface area (Å²) in [7, 11) is 0. The Bertz CT molecular complexity index is 508. The van der Waals surface area contributed by atoms with E-state index in [1.54, 1.807) is 6.07 Å². The van der Waals surface area contributed by atoms with Crippen molar-refractivity contribution in [2.45, 2.75) is 0 Å². The average molecular weight is 187 g/mol. The zero-order valence-electron chi connectivity index (χ0n) is 7.40. The molecule has 1 amide bonds. The topological polar surface area (TPSA) is 82.0 Å². The van der Waals surface area contributed by atoms with Crippen LogP contribution in [0.1, 0.15) is 10.4 Å². The summed E-state index contributed by atoms with van der Waals surface area (Å²) in [6.07, 6.45) is 1.40. The molecule has 4 N–H and O–H groups in total. The number of nitrogens with zero attached hydrogens (tertiary/aromatic N) is 1. The van der Waals surface area contributed by atoms with Crippen LogP contribution in [-0.4, -0.2) is 10.9 Å². The van der Waals surface area contributed by atoms with Crippen LogP contribution < -0.4 is 11.5 Å². The molecule has 0 unspecified atom stereocenters. The summed E-state index contributed by atoms with van der Waals surface area (Å²) in [5.74, 6) is -0.0840. The number of primary amides is 1. The number of hydrogen-bond donors (Lipinski definition) is 2. The lowest BCUT2D eigenvalue weighted by Gasteiger charge is -2.04. The largest absolute Gasteiger partial charge is 0.383 e. The standard InChI is InChI=1S/C10H9N3O/c11-9-7-4-2-1-3-6(7)8(5-13-9)10(12)14/h1-5H,(H2,11,13)(H2,12,14). The number of amides is 1. The van der Waals surface area contributed by atoms with Crippen molar-refractivity contribution < 1.29 is 4.79 Å². The predicted octanol–water partition coefficient (Wildman–Crippen LogP) is 0.916. The van der Waals surface area contributed by atoms with E-state index >= 15 is 0 Å². The lowest BCUT2D eigenvalue weighted by atomic mass is 10.1. The number of anilines is 1. The van der Waals surface area contributed by atoms with Gasteiger partial charge >= 0.3 is 0 Å². The van der Waals surface area contributed by atoms with Gasteiger partial charge in [-0.25, -0.2) is 4.98 Å². The molecule has 0 spiro atoms. The van der Waals surface area contributed by atoms with Crippen molar-refractivity contribution in [2.24, 2.45) is 5.73 Å². The average Bonchev–Trinajstić information content (AvgIpc) is 2.18. The fraction of sp³-hybridized carbons (Fsp3) is 0. The molecule has 14 heavy (non-hydrogen) atoms. The lowest BCUT2D eigenvalue weighted by molar-refractivity contribution is 0.100. The normalized spacial score (nSPS) is 10.3. The second kappa shape index (κ2) is 2.99. The molecule has 2 rings (SSSR count). The summed E-state index contributed by atoms with van der Waals surface area (Å²) in [5, 5.41) is 1.50. The van der Waals surface area contributed by atoms with Crippen LogP contribution in [0.2, 0.25) is 0 Å². The van der Waals surface area contributed by atoms with Crippen LogP contribution in [0.25, 0.3) is 10.8 Å². The van der Waals surface area contributed by atoms with Gasteiger partial charge in [-0.15, -0.1) is 0 Å². The molecule has 0 aliphatic carbocycles. The Hall–Kier alpha value is -2.10. The lowest BCUT2D eigenvalue weighted by Crippen LogP contribution is -2.12. The second-order valence-corrected chi connectivity index (χ2v) is 2.97. The number of aromatic nitrogens is 1. The van der Waals surface area contributed by atoms with Gasteiger partial charge < -0.3 is 11.5 Å². The summed E-state index contributed by atoms with van der Waals surface area (Å²) in [6.45, 7) is 0. The van der Waals surface area contributed by atoms with Gasteiger partial charge in [0.05, 0.1) is 5.56 Å². The van der Waals surface area contributed by atoms with Gasteiger partial charge in [0.15, 0.2) is 0 Å². The van der Waals surface area contributed by atoms with Crippen molar-refractivity contribution in [3.8, 4) is 0 Å². The summed E-state index contributed by atoms with van der Waals surface area (Å²) in [4.78, 5) is 15.0. The van der Waals surface area contributed by atoms with Crippen molar-refractivity contribution >= 4 is 22.5 Å². The Morgan fingerprint density at radius 1 is 1.21 bits per heavy atom. The van der Waals surface area contributed by atoms with E-state index in [1.165, 1.54) is 6.20 Å². The van der Waals surface area contributed by atoms with Crippen molar-refractivity contribution in [1.29, 1.82) is 0 Å². The molecule has 0 radical (unpaired) electrons. The molecule has 0 bridgehead atoms. The molecule has 2 aromatic rings. The molecule has 0 aliphatic heterocycles. The third kappa shape index (κ3) is 1.17. The Balaban J connectivity index is 2.88. The number of carbonyl (C=O) groups is 1. The highest BCUT2D eigenvalue weighted by Crippen LogP contribution is 2.21. The maximum Gasteiger partial charge on any atom is 0.250 e. The molecule has 4 heteroatoms. The molecule has 0 atom stereocenters. The first kappa shape index (κ1) is 8.50. The molecule has 1 aromatic carbocycles. The van der Waals surface area contributed by atoms with E-state index in [1.807, 2.05) is 18.2 Å². The first-order chi connectivity index (χ1) is 6.70. The van der Waals surface area contributed by atoms with Gasteiger partial charge in [-0.3, -0.25) is 4.79 Å². The highest BCUT2D eigenvalue weighted by Gasteiger charge is 2.08. The van der Waals surface area contributed by atoms with Crippen LogP contribution in [0.5, 0.6) is 0 Å². The quantitative estimate of drug-likeness (QED) is 0.696.